The third kappa shape index (κ3) is 54.2. The molecule has 392 valence electrons. The van der Waals surface area contributed by atoms with Gasteiger partial charge in [0, 0.05) is 19.3 Å². The van der Waals surface area contributed by atoms with E-state index in [1.54, 1.807) is 0 Å². The fraction of sp³-hybridized carbons (Fsp3) is 0.578. The van der Waals surface area contributed by atoms with Gasteiger partial charge >= 0.3 is 17.9 Å². The van der Waals surface area contributed by atoms with E-state index in [1.165, 1.54) is 70.6 Å². The molecule has 0 amide bonds. The van der Waals surface area contributed by atoms with Crippen molar-refractivity contribution in [1.82, 2.24) is 0 Å². The minimum Gasteiger partial charge on any atom is -0.462 e. The largest absolute Gasteiger partial charge is 0.462 e. The van der Waals surface area contributed by atoms with E-state index in [0.29, 0.717) is 12.8 Å². The van der Waals surface area contributed by atoms with E-state index < -0.39 is 6.10 Å². The van der Waals surface area contributed by atoms with Crippen LogP contribution in [0, 0.1) is 0 Å². The topological polar surface area (TPSA) is 78.9 Å². The highest BCUT2D eigenvalue weighted by atomic mass is 16.6. The van der Waals surface area contributed by atoms with Crippen molar-refractivity contribution in [3.05, 3.63) is 146 Å². The van der Waals surface area contributed by atoms with Crippen LogP contribution in [0.15, 0.2) is 146 Å². The summed E-state index contributed by atoms with van der Waals surface area (Å²) in [5.74, 6) is -1.05. The Kier molecular flexibility index (Phi) is 53.0. The van der Waals surface area contributed by atoms with Gasteiger partial charge in [-0.25, -0.2) is 0 Å². The van der Waals surface area contributed by atoms with Gasteiger partial charge in [0.15, 0.2) is 6.10 Å². The van der Waals surface area contributed by atoms with Crippen molar-refractivity contribution in [2.24, 2.45) is 0 Å². The SMILES string of the molecule is CC/C=C\C/C=C\C/C=C\C/C=C\C/C=C\C/C=C\CCC(=O)OCC(COC(=O)CCCCCCCCC/C=C\CCCCCC)OC(=O)CCCCCCC\C=C/C=C\C=C/C=C\C=C/CCC. The molecule has 0 N–H and O–H groups in total. The van der Waals surface area contributed by atoms with Gasteiger partial charge in [-0.2, -0.15) is 0 Å². The number of carbonyl (C=O) groups is 3. The molecule has 0 aromatic rings. The zero-order valence-corrected chi connectivity index (χ0v) is 44.7. The predicted octanol–water partition coefficient (Wildman–Crippen LogP) is 18.8. The standard InChI is InChI=1S/C64H100O6/c1-4-7-10-13-16-19-22-25-28-30-32-34-36-39-42-45-48-51-54-57-63(66)69-60-61(59-68-62(65)56-53-50-47-44-41-38-35-27-24-21-18-15-12-9-6-3)70-64(67)58-55-52-49-46-43-40-37-33-31-29-26-23-20-17-14-11-8-5-2/h7,10-11,14,16-17,19-21,23-26,28-29,31-34,37,39,42,48,51,61H,4-6,8-9,12-13,15,18,22,27,30,35-36,38,40-41,43-47,49-50,52-60H2,1-3H3/b10-7-,14-11-,19-16-,20-17-,24-21-,26-23-,28-25-,31-29-,34-32-,37-33-,42-39-,51-48-. The Bertz CT molecular complexity index is 1580. The maximum absolute atomic E-state index is 12.8. The van der Waals surface area contributed by atoms with E-state index in [0.717, 1.165) is 103 Å². The lowest BCUT2D eigenvalue weighted by Gasteiger charge is -2.18. The zero-order chi connectivity index (χ0) is 50.7. The molecule has 0 heterocycles. The molecule has 1 atom stereocenters. The van der Waals surface area contributed by atoms with Crippen molar-refractivity contribution in [2.45, 2.75) is 226 Å². The molecule has 0 saturated heterocycles. The smallest absolute Gasteiger partial charge is 0.306 e. The molecule has 0 aromatic carbocycles. The van der Waals surface area contributed by atoms with Crippen LogP contribution < -0.4 is 0 Å². The summed E-state index contributed by atoms with van der Waals surface area (Å²) in [5, 5.41) is 0. The van der Waals surface area contributed by atoms with E-state index in [2.05, 4.69) is 118 Å². The predicted molar refractivity (Wildman–Crippen MR) is 302 cm³/mol. The van der Waals surface area contributed by atoms with Gasteiger partial charge in [0.2, 0.25) is 0 Å². The molecule has 6 heteroatoms. The Morgan fingerprint density at radius 1 is 0.314 bits per heavy atom. The summed E-state index contributed by atoms with van der Waals surface area (Å²) < 4.78 is 16.8. The summed E-state index contributed by atoms with van der Waals surface area (Å²) >= 11 is 0. The van der Waals surface area contributed by atoms with Crippen molar-refractivity contribution >= 4 is 17.9 Å². The molecule has 0 aliphatic carbocycles. The van der Waals surface area contributed by atoms with Crippen molar-refractivity contribution in [3.63, 3.8) is 0 Å². The van der Waals surface area contributed by atoms with Gasteiger partial charge in [-0.15, -0.1) is 0 Å². The Morgan fingerprint density at radius 2 is 0.671 bits per heavy atom. The van der Waals surface area contributed by atoms with Crippen LogP contribution in [-0.2, 0) is 28.6 Å². The van der Waals surface area contributed by atoms with Crippen molar-refractivity contribution in [1.29, 1.82) is 0 Å². The number of esters is 3. The normalized spacial score (nSPS) is 13.2. The van der Waals surface area contributed by atoms with E-state index >= 15 is 0 Å². The number of hydrogen-bond acceptors (Lipinski definition) is 6. The minimum atomic E-state index is -0.831. The lowest BCUT2D eigenvalue weighted by Crippen LogP contribution is -2.30. The minimum absolute atomic E-state index is 0.120. The molecule has 0 bridgehead atoms. The molecular weight excluding hydrogens is 865 g/mol. The first-order chi connectivity index (χ1) is 34.5. The van der Waals surface area contributed by atoms with Gasteiger partial charge in [0.25, 0.3) is 0 Å². The summed E-state index contributed by atoms with van der Waals surface area (Å²) in [5.41, 5.74) is 0. The van der Waals surface area contributed by atoms with Crippen LogP contribution in [0.25, 0.3) is 0 Å². The van der Waals surface area contributed by atoms with Crippen molar-refractivity contribution < 1.29 is 28.6 Å². The molecule has 0 aromatic heterocycles. The molecule has 0 aliphatic rings. The quantitative estimate of drug-likeness (QED) is 0.0199. The van der Waals surface area contributed by atoms with Crippen LogP contribution in [-0.4, -0.2) is 37.2 Å². The maximum atomic E-state index is 12.8. The second-order valence-corrected chi connectivity index (χ2v) is 17.9. The Labute approximate surface area is 429 Å². The first-order valence-electron chi connectivity index (χ1n) is 27.9. The van der Waals surface area contributed by atoms with Crippen LogP contribution in [0.1, 0.15) is 220 Å². The Hall–Kier alpha value is -4.71. The highest BCUT2D eigenvalue weighted by Gasteiger charge is 2.19. The maximum Gasteiger partial charge on any atom is 0.306 e. The second kappa shape index (κ2) is 56.9. The molecule has 0 saturated carbocycles. The fourth-order valence-electron chi connectivity index (χ4n) is 7.02. The third-order valence-corrected chi connectivity index (χ3v) is 11.2. The molecular formula is C64H100O6. The lowest BCUT2D eigenvalue weighted by atomic mass is 10.1. The summed E-state index contributed by atoms with van der Waals surface area (Å²) in [6.07, 6.45) is 81.2. The van der Waals surface area contributed by atoms with Crippen LogP contribution in [0.4, 0.5) is 0 Å². The number of rotatable bonds is 48. The molecule has 70 heavy (non-hydrogen) atoms. The molecule has 0 fully saturated rings. The van der Waals surface area contributed by atoms with Crippen LogP contribution in [0.5, 0.6) is 0 Å². The number of unbranched alkanes of at least 4 members (excludes halogenated alkanes) is 17. The average molecular weight is 965 g/mol. The van der Waals surface area contributed by atoms with E-state index in [4.69, 9.17) is 14.2 Å². The molecule has 0 rings (SSSR count). The van der Waals surface area contributed by atoms with Gasteiger partial charge in [-0.1, -0.05) is 244 Å². The molecule has 1 unspecified atom stereocenters. The van der Waals surface area contributed by atoms with Crippen molar-refractivity contribution in [2.75, 3.05) is 13.2 Å². The van der Waals surface area contributed by atoms with Crippen LogP contribution >= 0.6 is 0 Å². The Morgan fingerprint density at radius 3 is 1.14 bits per heavy atom. The number of hydrogen-bond donors (Lipinski definition) is 0. The highest BCUT2D eigenvalue weighted by Crippen LogP contribution is 2.13. The summed E-state index contributed by atoms with van der Waals surface area (Å²) in [4.78, 5) is 38.1. The summed E-state index contributed by atoms with van der Waals surface area (Å²) in [6.45, 7) is 6.32. The fourth-order valence-corrected chi connectivity index (χ4v) is 7.02. The molecule has 0 radical (unpaired) electrons. The lowest BCUT2D eigenvalue weighted by molar-refractivity contribution is -0.166. The van der Waals surface area contributed by atoms with Crippen LogP contribution in [0.2, 0.25) is 0 Å². The first-order valence-corrected chi connectivity index (χ1v) is 27.9. The average Bonchev–Trinajstić information content (AvgIpc) is 3.36. The Balaban J connectivity index is 4.60. The number of allylic oxidation sites excluding steroid dienone is 24. The van der Waals surface area contributed by atoms with Gasteiger partial charge in [-0.3, -0.25) is 14.4 Å². The van der Waals surface area contributed by atoms with Crippen LogP contribution in [0.3, 0.4) is 0 Å². The van der Waals surface area contributed by atoms with Gasteiger partial charge in [-0.05, 0) is 103 Å². The van der Waals surface area contributed by atoms with Gasteiger partial charge in [0.05, 0.1) is 0 Å². The van der Waals surface area contributed by atoms with Crippen molar-refractivity contribution in [3.8, 4) is 0 Å². The van der Waals surface area contributed by atoms with E-state index in [-0.39, 0.29) is 44.0 Å². The number of ether oxygens (including phenoxy) is 3. The van der Waals surface area contributed by atoms with Gasteiger partial charge in [0.1, 0.15) is 13.2 Å². The zero-order valence-electron chi connectivity index (χ0n) is 44.7. The molecule has 0 aliphatic heterocycles. The second-order valence-electron chi connectivity index (χ2n) is 17.9. The third-order valence-electron chi connectivity index (χ3n) is 11.2. The van der Waals surface area contributed by atoms with E-state index in [1.807, 2.05) is 48.6 Å². The monoisotopic (exact) mass is 965 g/mol. The van der Waals surface area contributed by atoms with E-state index in [9.17, 15) is 14.4 Å². The summed E-state index contributed by atoms with van der Waals surface area (Å²) in [7, 11) is 0. The highest BCUT2D eigenvalue weighted by molar-refractivity contribution is 5.71. The molecule has 6 nitrogen and oxygen atoms in total. The first kappa shape index (κ1) is 65.3. The summed E-state index contributed by atoms with van der Waals surface area (Å²) in [6, 6.07) is 0. The molecule has 0 spiro atoms. The number of carbonyl (C=O) groups excluding carboxylic acids is 3. The van der Waals surface area contributed by atoms with Gasteiger partial charge < -0.3 is 14.2 Å².